The lowest BCUT2D eigenvalue weighted by Gasteiger charge is -2.08. The lowest BCUT2D eigenvalue weighted by atomic mass is 10.1. The van der Waals surface area contributed by atoms with Crippen LogP contribution in [0.4, 0.5) is 5.69 Å². The van der Waals surface area contributed by atoms with Crippen LogP contribution in [-0.4, -0.2) is 22.2 Å². The van der Waals surface area contributed by atoms with Gasteiger partial charge < -0.3 is 4.74 Å². The monoisotopic (exact) mass is 333 g/mol. The molecule has 7 heteroatoms. The van der Waals surface area contributed by atoms with Gasteiger partial charge in [-0.3, -0.25) is 14.3 Å². The van der Waals surface area contributed by atoms with E-state index in [0.29, 0.717) is 10.5 Å². The molecular weight excluding hydrogens is 318 g/mol. The number of carbonyl (C=O) groups excluding carboxylic acids is 1. The highest BCUT2D eigenvalue weighted by atomic mass is 32.2. The summed E-state index contributed by atoms with van der Waals surface area (Å²) in [6.07, 6.45) is 0. The van der Waals surface area contributed by atoms with Gasteiger partial charge in [0.25, 0.3) is 5.69 Å². The summed E-state index contributed by atoms with van der Waals surface area (Å²) in [5, 5.41) is 10.6. The van der Waals surface area contributed by atoms with Crippen LogP contribution in [0.2, 0.25) is 0 Å². The molecule has 0 aliphatic rings. The van der Waals surface area contributed by atoms with Gasteiger partial charge in [0.15, 0.2) is 0 Å². The minimum absolute atomic E-state index is 0.00172. The standard InChI is InChI=1S/C16H15NO5S/c1-11-9-13(16(18)22-2)5-8-15(11)23(21)10-12-3-6-14(7-4-12)17(19)20/h3-9H,10H2,1-2H3. The average molecular weight is 333 g/mol. The van der Waals surface area contributed by atoms with Crippen molar-refractivity contribution < 1.29 is 18.7 Å². The number of non-ortho nitro benzene ring substituents is 1. The van der Waals surface area contributed by atoms with Crippen molar-refractivity contribution in [3.8, 4) is 0 Å². The Labute approximate surface area is 135 Å². The van der Waals surface area contributed by atoms with E-state index < -0.39 is 21.7 Å². The summed E-state index contributed by atoms with van der Waals surface area (Å²) >= 11 is 0. The molecule has 0 saturated carbocycles. The van der Waals surface area contributed by atoms with Gasteiger partial charge in [-0.25, -0.2) is 4.79 Å². The molecule has 23 heavy (non-hydrogen) atoms. The second kappa shape index (κ2) is 7.15. The predicted molar refractivity (Wildman–Crippen MR) is 85.7 cm³/mol. The molecule has 0 N–H and O–H groups in total. The molecule has 0 radical (unpaired) electrons. The number of hydrogen-bond donors (Lipinski definition) is 0. The number of rotatable bonds is 5. The van der Waals surface area contributed by atoms with Gasteiger partial charge in [-0.2, -0.15) is 0 Å². The third-order valence-corrected chi connectivity index (χ3v) is 4.83. The predicted octanol–water partition coefficient (Wildman–Crippen LogP) is 3.00. The van der Waals surface area contributed by atoms with Crippen LogP contribution in [0.25, 0.3) is 0 Å². The molecule has 0 aliphatic carbocycles. The number of carbonyl (C=O) groups is 1. The van der Waals surface area contributed by atoms with E-state index in [1.54, 1.807) is 37.3 Å². The van der Waals surface area contributed by atoms with Crippen molar-refractivity contribution >= 4 is 22.5 Å². The van der Waals surface area contributed by atoms with E-state index >= 15 is 0 Å². The molecule has 0 aliphatic heterocycles. The molecule has 1 atom stereocenters. The molecule has 2 aromatic rings. The number of ether oxygens (including phenoxy) is 1. The highest BCUT2D eigenvalue weighted by molar-refractivity contribution is 7.84. The van der Waals surface area contributed by atoms with Crippen molar-refractivity contribution in [2.75, 3.05) is 7.11 Å². The molecule has 0 heterocycles. The number of nitro benzene ring substituents is 1. The molecule has 6 nitrogen and oxygen atoms in total. The number of aryl methyl sites for hydroxylation is 1. The summed E-state index contributed by atoms with van der Waals surface area (Å²) in [6, 6.07) is 10.8. The lowest BCUT2D eigenvalue weighted by Crippen LogP contribution is -2.04. The van der Waals surface area contributed by atoms with E-state index in [4.69, 9.17) is 0 Å². The highest BCUT2D eigenvalue weighted by Gasteiger charge is 2.13. The van der Waals surface area contributed by atoms with E-state index in [1.807, 2.05) is 0 Å². The summed E-state index contributed by atoms with van der Waals surface area (Å²) in [5.74, 6) is -0.197. The van der Waals surface area contributed by atoms with Crippen LogP contribution in [0.1, 0.15) is 21.5 Å². The van der Waals surface area contributed by atoms with Gasteiger partial charge >= 0.3 is 5.97 Å². The van der Waals surface area contributed by atoms with Crippen molar-refractivity contribution in [2.24, 2.45) is 0 Å². The summed E-state index contributed by atoms with van der Waals surface area (Å²) in [4.78, 5) is 22.2. The molecule has 0 spiro atoms. The van der Waals surface area contributed by atoms with E-state index in [9.17, 15) is 19.1 Å². The zero-order valence-electron chi connectivity index (χ0n) is 12.6. The first-order valence-electron chi connectivity index (χ1n) is 6.73. The number of methoxy groups -OCH3 is 1. The Kier molecular flexibility index (Phi) is 5.23. The van der Waals surface area contributed by atoms with Crippen molar-refractivity contribution in [3.05, 3.63) is 69.3 Å². The Morgan fingerprint density at radius 1 is 1.22 bits per heavy atom. The molecule has 0 fully saturated rings. The number of nitro groups is 1. The van der Waals surface area contributed by atoms with E-state index in [1.165, 1.54) is 19.2 Å². The third kappa shape index (κ3) is 4.01. The van der Waals surface area contributed by atoms with Crippen molar-refractivity contribution in [2.45, 2.75) is 17.6 Å². The van der Waals surface area contributed by atoms with Crippen molar-refractivity contribution in [1.29, 1.82) is 0 Å². The summed E-state index contributed by atoms with van der Waals surface area (Å²) < 4.78 is 17.1. The fourth-order valence-corrected chi connectivity index (χ4v) is 3.38. The minimum atomic E-state index is -1.31. The largest absolute Gasteiger partial charge is 0.465 e. The first-order chi connectivity index (χ1) is 10.9. The lowest BCUT2D eigenvalue weighted by molar-refractivity contribution is -0.384. The summed E-state index contributed by atoms with van der Waals surface area (Å²) in [7, 11) is -0.00480. The zero-order valence-corrected chi connectivity index (χ0v) is 13.5. The Hall–Kier alpha value is -2.54. The maximum Gasteiger partial charge on any atom is 0.337 e. The van der Waals surface area contributed by atoms with Gasteiger partial charge in [-0.05, 0) is 36.2 Å². The normalized spacial score (nSPS) is 11.7. The molecule has 0 aromatic heterocycles. The number of nitrogens with zero attached hydrogens (tertiary/aromatic N) is 1. The van der Waals surface area contributed by atoms with Gasteiger partial charge in [-0.15, -0.1) is 0 Å². The number of benzene rings is 2. The van der Waals surface area contributed by atoms with E-state index in [2.05, 4.69) is 4.74 Å². The minimum Gasteiger partial charge on any atom is -0.465 e. The summed E-state index contributed by atoms with van der Waals surface area (Å²) in [6.45, 7) is 1.77. The van der Waals surface area contributed by atoms with Crippen LogP contribution in [0.3, 0.4) is 0 Å². The smallest absolute Gasteiger partial charge is 0.337 e. The van der Waals surface area contributed by atoms with Gasteiger partial charge in [0, 0.05) is 17.0 Å². The maximum atomic E-state index is 12.5. The molecular formula is C16H15NO5S. The van der Waals surface area contributed by atoms with Gasteiger partial charge in [0.05, 0.1) is 34.1 Å². The number of hydrogen-bond acceptors (Lipinski definition) is 5. The Balaban J connectivity index is 2.17. The first-order valence-corrected chi connectivity index (χ1v) is 8.05. The fraction of sp³-hybridized carbons (Fsp3) is 0.188. The summed E-state index contributed by atoms with van der Waals surface area (Å²) in [5.41, 5.74) is 1.87. The fourth-order valence-electron chi connectivity index (χ4n) is 2.09. The topological polar surface area (TPSA) is 86.5 Å². The second-order valence-electron chi connectivity index (χ2n) is 4.89. The van der Waals surface area contributed by atoms with Gasteiger partial charge in [0.2, 0.25) is 0 Å². The van der Waals surface area contributed by atoms with Crippen LogP contribution < -0.4 is 0 Å². The first kappa shape index (κ1) is 16.8. The van der Waals surface area contributed by atoms with Gasteiger partial charge in [0.1, 0.15) is 0 Å². The van der Waals surface area contributed by atoms with E-state index in [0.717, 1.165) is 11.1 Å². The molecule has 2 rings (SSSR count). The number of esters is 1. The second-order valence-corrected chi connectivity index (χ2v) is 6.30. The maximum absolute atomic E-state index is 12.5. The van der Waals surface area contributed by atoms with Crippen LogP contribution in [0, 0.1) is 17.0 Å². The van der Waals surface area contributed by atoms with Crippen LogP contribution in [0.5, 0.6) is 0 Å². The third-order valence-electron chi connectivity index (χ3n) is 3.29. The van der Waals surface area contributed by atoms with Crippen molar-refractivity contribution in [3.63, 3.8) is 0 Å². The van der Waals surface area contributed by atoms with E-state index in [-0.39, 0.29) is 11.4 Å². The molecule has 2 aromatic carbocycles. The Bertz CT molecular complexity index is 771. The van der Waals surface area contributed by atoms with Crippen LogP contribution >= 0.6 is 0 Å². The van der Waals surface area contributed by atoms with Crippen molar-refractivity contribution in [1.82, 2.24) is 0 Å². The quantitative estimate of drug-likeness (QED) is 0.477. The molecule has 1 unspecified atom stereocenters. The van der Waals surface area contributed by atoms with Crippen LogP contribution in [-0.2, 0) is 21.3 Å². The Morgan fingerprint density at radius 3 is 2.39 bits per heavy atom. The van der Waals surface area contributed by atoms with Crippen LogP contribution in [0.15, 0.2) is 47.4 Å². The molecule has 0 bridgehead atoms. The SMILES string of the molecule is COC(=O)c1ccc(S(=O)Cc2ccc([N+](=O)[O-])cc2)c(C)c1. The molecule has 120 valence electrons. The Morgan fingerprint density at radius 2 is 1.87 bits per heavy atom. The average Bonchev–Trinajstić information content (AvgIpc) is 2.54. The zero-order chi connectivity index (χ0) is 17.0. The van der Waals surface area contributed by atoms with Gasteiger partial charge in [-0.1, -0.05) is 12.1 Å². The molecule has 0 amide bonds. The highest BCUT2D eigenvalue weighted by Crippen LogP contribution is 2.20. The molecule has 0 saturated heterocycles.